The number of carbonyl (C=O) groups is 1. The number of alkyl halides is 6. The molecule has 3 nitrogen and oxygen atoms in total. The third-order valence-corrected chi connectivity index (χ3v) is 8.05. The van der Waals surface area contributed by atoms with Crippen molar-refractivity contribution < 1.29 is 41.4 Å². The summed E-state index contributed by atoms with van der Waals surface area (Å²) in [5.41, 5.74) is -6.93. The minimum Gasteiger partial charge on any atom is -0.390 e. The van der Waals surface area contributed by atoms with Gasteiger partial charge < -0.3 is 10.2 Å². The van der Waals surface area contributed by atoms with E-state index >= 15 is 0 Å². The Balaban J connectivity index is 2.36. The number of Topliss-reactive ketones (excluding diaryl/α,β-unsaturated/α-hetero) is 1. The van der Waals surface area contributed by atoms with E-state index in [1.807, 2.05) is 13.8 Å². The number of hydrogen-bond donors (Lipinski definition) is 2. The molecule has 0 amide bonds. The summed E-state index contributed by atoms with van der Waals surface area (Å²) in [7, 11) is 0. The molecule has 2 saturated carbocycles. The van der Waals surface area contributed by atoms with Crippen LogP contribution < -0.4 is 0 Å². The van der Waals surface area contributed by atoms with Crippen molar-refractivity contribution in [2.45, 2.75) is 109 Å². The molecule has 33 heavy (non-hydrogen) atoms. The standard InChI is InChI=1S/C24H36F6O3/c1-19(2,32)11-6-12-20(3,13-7-15-22(33,23(25,26)27)24(28,29)30)18-10-9-16-17(31)8-5-14-21(16,18)4/h7,15-16,18,32-33H,5-6,8-14H2,1-4H3/t16-,18+,20+,21?/m0/s1. The van der Waals surface area contributed by atoms with Crippen LogP contribution in [0, 0.1) is 22.7 Å². The third kappa shape index (κ3) is 5.77. The second kappa shape index (κ2) is 9.17. The Morgan fingerprint density at radius 3 is 2.09 bits per heavy atom. The van der Waals surface area contributed by atoms with E-state index in [1.54, 1.807) is 13.8 Å². The molecular weight excluding hydrogens is 450 g/mol. The van der Waals surface area contributed by atoms with Crippen molar-refractivity contribution in [2.75, 3.05) is 0 Å². The van der Waals surface area contributed by atoms with Crippen molar-refractivity contribution >= 4 is 5.78 Å². The number of halogens is 6. The van der Waals surface area contributed by atoms with E-state index in [9.17, 15) is 41.4 Å². The van der Waals surface area contributed by atoms with Gasteiger partial charge in [0.1, 0.15) is 5.78 Å². The van der Waals surface area contributed by atoms with E-state index < -0.39 is 29.0 Å². The van der Waals surface area contributed by atoms with Crippen LogP contribution in [0.5, 0.6) is 0 Å². The van der Waals surface area contributed by atoms with Crippen LogP contribution in [0.3, 0.4) is 0 Å². The average Bonchev–Trinajstić information content (AvgIpc) is 2.97. The minimum atomic E-state index is -5.90. The molecule has 1 unspecified atom stereocenters. The first-order valence-electron chi connectivity index (χ1n) is 11.6. The number of rotatable bonds is 8. The van der Waals surface area contributed by atoms with Gasteiger partial charge in [-0.05, 0) is 81.6 Å². The number of aliphatic hydroxyl groups is 2. The molecule has 9 heteroatoms. The van der Waals surface area contributed by atoms with Crippen molar-refractivity contribution in [3.05, 3.63) is 12.2 Å². The van der Waals surface area contributed by atoms with E-state index in [1.165, 1.54) is 0 Å². The summed E-state index contributed by atoms with van der Waals surface area (Å²) in [5.74, 6) is -0.0316. The van der Waals surface area contributed by atoms with Crippen LogP contribution in [-0.2, 0) is 4.79 Å². The minimum absolute atomic E-state index is 0.0735. The molecule has 0 bridgehead atoms. The molecule has 0 aliphatic heterocycles. The number of fused-ring (bicyclic) bond motifs is 1. The Morgan fingerprint density at radius 1 is 1.00 bits per heavy atom. The number of allylic oxidation sites excluding steroid dienone is 1. The van der Waals surface area contributed by atoms with Gasteiger partial charge in [-0.25, -0.2) is 0 Å². The van der Waals surface area contributed by atoms with Gasteiger partial charge in [0, 0.05) is 12.3 Å². The van der Waals surface area contributed by atoms with Gasteiger partial charge in [0.25, 0.3) is 5.60 Å². The summed E-state index contributed by atoms with van der Waals surface area (Å²) >= 11 is 0. The van der Waals surface area contributed by atoms with Crippen LogP contribution in [-0.4, -0.2) is 39.6 Å². The summed E-state index contributed by atoms with van der Waals surface area (Å²) in [4.78, 5) is 12.5. The second-order valence-corrected chi connectivity index (χ2v) is 11.2. The van der Waals surface area contributed by atoms with Crippen LogP contribution in [0.25, 0.3) is 0 Å². The largest absolute Gasteiger partial charge is 0.429 e. The highest BCUT2D eigenvalue weighted by molar-refractivity contribution is 5.83. The molecule has 192 valence electrons. The first-order chi connectivity index (χ1) is 14.8. The van der Waals surface area contributed by atoms with Crippen molar-refractivity contribution in [1.82, 2.24) is 0 Å². The second-order valence-electron chi connectivity index (χ2n) is 11.2. The van der Waals surface area contributed by atoms with Gasteiger partial charge in [-0.2, -0.15) is 26.3 Å². The molecule has 2 fully saturated rings. The van der Waals surface area contributed by atoms with Crippen molar-refractivity contribution in [3.63, 3.8) is 0 Å². The molecule has 0 aromatic heterocycles. The zero-order chi connectivity index (χ0) is 25.5. The quantitative estimate of drug-likeness (QED) is 0.303. The van der Waals surface area contributed by atoms with Crippen molar-refractivity contribution in [3.8, 4) is 0 Å². The van der Waals surface area contributed by atoms with E-state index in [4.69, 9.17) is 0 Å². The Bertz CT molecular complexity index is 722. The highest BCUT2D eigenvalue weighted by Crippen LogP contribution is 2.61. The molecule has 0 aromatic carbocycles. The fourth-order valence-corrected chi connectivity index (χ4v) is 6.27. The van der Waals surface area contributed by atoms with E-state index in [0.717, 1.165) is 18.9 Å². The lowest BCUT2D eigenvalue weighted by molar-refractivity contribution is -0.347. The number of hydrogen-bond acceptors (Lipinski definition) is 3. The van der Waals surface area contributed by atoms with Crippen molar-refractivity contribution in [2.24, 2.45) is 22.7 Å². The van der Waals surface area contributed by atoms with E-state index in [0.29, 0.717) is 38.5 Å². The summed E-state index contributed by atoms with van der Waals surface area (Å²) in [5, 5.41) is 19.6. The van der Waals surface area contributed by atoms with Crippen LogP contribution >= 0.6 is 0 Å². The summed E-state index contributed by atoms with van der Waals surface area (Å²) < 4.78 is 78.6. The molecule has 0 aromatic rings. The Morgan fingerprint density at radius 2 is 1.58 bits per heavy atom. The lowest BCUT2D eigenvalue weighted by Crippen LogP contribution is -2.55. The van der Waals surface area contributed by atoms with Gasteiger partial charge in [-0.15, -0.1) is 0 Å². The molecule has 4 atom stereocenters. The normalized spacial score (nSPS) is 29.4. The Kier molecular flexibility index (Phi) is 7.82. The maximum atomic E-state index is 13.1. The van der Waals surface area contributed by atoms with Gasteiger partial charge in [0.2, 0.25) is 0 Å². The average molecular weight is 487 g/mol. The Labute approximate surface area is 191 Å². The van der Waals surface area contributed by atoms with E-state index in [-0.39, 0.29) is 35.5 Å². The zero-order valence-corrected chi connectivity index (χ0v) is 19.7. The molecule has 2 N–H and O–H groups in total. The van der Waals surface area contributed by atoms with Gasteiger partial charge >= 0.3 is 12.4 Å². The van der Waals surface area contributed by atoms with Gasteiger partial charge in [0.05, 0.1) is 5.60 Å². The lowest BCUT2D eigenvalue weighted by atomic mass is 9.56. The molecule has 0 radical (unpaired) electrons. The molecule has 0 spiro atoms. The fourth-order valence-electron chi connectivity index (χ4n) is 6.27. The fraction of sp³-hybridized carbons (Fsp3) is 0.875. The third-order valence-electron chi connectivity index (χ3n) is 8.05. The van der Waals surface area contributed by atoms with Crippen molar-refractivity contribution in [1.29, 1.82) is 0 Å². The van der Waals surface area contributed by atoms with E-state index in [2.05, 4.69) is 0 Å². The SMILES string of the molecule is CC(C)(O)CCC[C@](C)(CC=CC(O)(C(F)(F)F)C(F)(F)F)[C@H]1CC[C@H]2C(=O)CCCC21C. The summed E-state index contributed by atoms with van der Waals surface area (Å²) in [6.45, 7) is 7.15. The highest BCUT2D eigenvalue weighted by Gasteiger charge is 2.69. The number of carbonyl (C=O) groups excluding carboxylic acids is 1. The summed E-state index contributed by atoms with van der Waals surface area (Å²) in [6.07, 6.45) is -6.52. The monoisotopic (exact) mass is 486 g/mol. The van der Waals surface area contributed by atoms with Crippen LogP contribution in [0.1, 0.15) is 85.5 Å². The highest BCUT2D eigenvalue weighted by atomic mass is 19.4. The van der Waals surface area contributed by atoms with Gasteiger partial charge in [-0.1, -0.05) is 26.3 Å². The van der Waals surface area contributed by atoms with Crippen LogP contribution in [0.2, 0.25) is 0 Å². The lowest BCUT2D eigenvalue weighted by Gasteiger charge is -2.48. The Hall–Kier alpha value is -1.09. The van der Waals surface area contributed by atoms with Gasteiger partial charge in [0.15, 0.2) is 0 Å². The maximum Gasteiger partial charge on any atom is 0.429 e. The molecule has 2 aliphatic carbocycles. The topological polar surface area (TPSA) is 57.5 Å². The molecule has 2 aliphatic rings. The maximum absolute atomic E-state index is 13.1. The van der Waals surface area contributed by atoms with Crippen LogP contribution in [0.15, 0.2) is 12.2 Å². The molecular formula is C24H36F6O3. The number of ketones is 1. The predicted molar refractivity (Wildman–Crippen MR) is 112 cm³/mol. The zero-order valence-electron chi connectivity index (χ0n) is 19.7. The summed E-state index contributed by atoms with van der Waals surface area (Å²) in [6, 6.07) is 0. The first kappa shape index (κ1) is 28.1. The molecule has 2 rings (SSSR count). The first-order valence-corrected chi connectivity index (χ1v) is 11.6. The smallest absolute Gasteiger partial charge is 0.390 e. The molecule has 0 heterocycles. The predicted octanol–water partition coefficient (Wildman–Crippen LogP) is 6.52. The van der Waals surface area contributed by atoms with Gasteiger partial charge in [-0.3, -0.25) is 4.79 Å². The van der Waals surface area contributed by atoms with Crippen LogP contribution in [0.4, 0.5) is 26.3 Å². The molecule has 0 saturated heterocycles.